The van der Waals surface area contributed by atoms with Crippen LogP contribution in [0.4, 0.5) is 5.69 Å². The van der Waals surface area contributed by atoms with Crippen LogP contribution in [0.25, 0.3) is 0 Å². The Balaban J connectivity index is 1.59. The second kappa shape index (κ2) is 11.2. The van der Waals surface area contributed by atoms with Crippen LogP contribution in [-0.4, -0.2) is 74.3 Å². The number of phenolic OH excluding ortho intramolecular Hbond substituents is 1. The van der Waals surface area contributed by atoms with Crippen LogP contribution in [0.15, 0.2) is 47.5 Å². The Morgan fingerprint density at radius 3 is 2.53 bits per heavy atom. The predicted molar refractivity (Wildman–Crippen MR) is 134 cm³/mol. The lowest BCUT2D eigenvalue weighted by molar-refractivity contribution is -0.153. The minimum atomic E-state index is -1.15. The molecule has 2 aliphatic rings. The first-order chi connectivity index (χ1) is 17.4. The molecule has 1 fully saturated rings. The minimum Gasteiger partial charge on any atom is -0.504 e. The fourth-order valence-corrected chi connectivity index (χ4v) is 4.43. The van der Waals surface area contributed by atoms with E-state index in [2.05, 4.69) is 10.2 Å². The van der Waals surface area contributed by atoms with Crippen molar-refractivity contribution < 1.29 is 28.9 Å². The maximum absolute atomic E-state index is 13.2. The highest BCUT2D eigenvalue weighted by Crippen LogP contribution is 2.36. The Labute approximate surface area is 210 Å². The molecule has 0 unspecified atom stereocenters. The molecule has 2 aromatic carbocycles. The molecule has 0 saturated carbocycles. The number of esters is 1. The van der Waals surface area contributed by atoms with Crippen LogP contribution < -0.4 is 19.7 Å². The van der Waals surface area contributed by atoms with Crippen molar-refractivity contribution in [3.05, 3.63) is 48.0 Å². The number of aliphatic imine (C=N–C) groups is 1. The highest BCUT2D eigenvalue weighted by atomic mass is 16.5. The average molecular weight is 497 g/mol. The van der Waals surface area contributed by atoms with Gasteiger partial charge in [0, 0.05) is 37.9 Å². The molecule has 0 radical (unpaired) electrons. The number of amides is 1. The SMILES string of the molecule is CCOC(=O)[C@@H]1C(=O)NC(N2CCN(c3cccc(OC)c3)CC2)=N[C@H]1c1ccc(O)c(OCC)c1. The van der Waals surface area contributed by atoms with Gasteiger partial charge in [0.25, 0.3) is 0 Å². The summed E-state index contributed by atoms with van der Waals surface area (Å²) < 4.78 is 16.0. The number of hydrogen-bond acceptors (Lipinski definition) is 9. The van der Waals surface area contributed by atoms with Crippen molar-refractivity contribution in [1.82, 2.24) is 10.2 Å². The molecule has 192 valence electrons. The van der Waals surface area contributed by atoms with Crippen LogP contribution in [0.2, 0.25) is 0 Å². The van der Waals surface area contributed by atoms with Crippen molar-refractivity contribution in [2.75, 3.05) is 51.4 Å². The highest BCUT2D eigenvalue weighted by molar-refractivity contribution is 6.08. The van der Waals surface area contributed by atoms with Crippen molar-refractivity contribution in [3.63, 3.8) is 0 Å². The van der Waals surface area contributed by atoms with E-state index in [4.69, 9.17) is 19.2 Å². The highest BCUT2D eigenvalue weighted by Gasteiger charge is 2.42. The van der Waals surface area contributed by atoms with Gasteiger partial charge in [-0.3, -0.25) is 14.9 Å². The van der Waals surface area contributed by atoms with Gasteiger partial charge in [-0.2, -0.15) is 0 Å². The molecule has 0 aromatic heterocycles. The van der Waals surface area contributed by atoms with E-state index in [1.165, 1.54) is 6.07 Å². The summed E-state index contributed by atoms with van der Waals surface area (Å²) in [7, 11) is 1.65. The minimum absolute atomic E-state index is 0.0218. The summed E-state index contributed by atoms with van der Waals surface area (Å²) in [5.41, 5.74) is 1.65. The molecular formula is C26H32N4O6. The molecule has 36 heavy (non-hydrogen) atoms. The van der Waals surface area contributed by atoms with Gasteiger partial charge in [-0.1, -0.05) is 12.1 Å². The maximum Gasteiger partial charge on any atom is 0.321 e. The first-order valence-corrected chi connectivity index (χ1v) is 12.1. The van der Waals surface area contributed by atoms with Gasteiger partial charge in [0.15, 0.2) is 17.4 Å². The molecule has 0 spiro atoms. The number of ether oxygens (including phenoxy) is 3. The first kappa shape index (κ1) is 25.2. The molecule has 2 aromatic rings. The number of methoxy groups -OCH3 is 1. The summed E-state index contributed by atoms with van der Waals surface area (Å²) in [5, 5.41) is 12.9. The number of phenols is 1. The number of guanidine groups is 1. The lowest BCUT2D eigenvalue weighted by Gasteiger charge is -2.39. The normalized spacial score (nSPS) is 19.9. The molecule has 0 aliphatic carbocycles. The molecule has 0 bridgehead atoms. The number of anilines is 1. The molecule has 2 N–H and O–H groups in total. The number of carbonyl (C=O) groups excluding carboxylic acids is 2. The second-order valence-electron chi connectivity index (χ2n) is 8.45. The van der Waals surface area contributed by atoms with Crippen molar-refractivity contribution in [3.8, 4) is 17.2 Å². The van der Waals surface area contributed by atoms with Gasteiger partial charge in [0.1, 0.15) is 11.8 Å². The third-order valence-electron chi connectivity index (χ3n) is 6.26. The number of carbonyl (C=O) groups is 2. The van der Waals surface area contributed by atoms with Crippen LogP contribution >= 0.6 is 0 Å². The average Bonchev–Trinajstić information content (AvgIpc) is 2.90. The number of benzene rings is 2. The second-order valence-corrected chi connectivity index (χ2v) is 8.45. The topological polar surface area (TPSA) is 113 Å². The van der Waals surface area contributed by atoms with Crippen LogP contribution in [0.1, 0.15) is 25.5 Å². The summed E-state index contributed by atoms with van der Waals surface area (Å²) in [6.45, 7) is 6.72. The first-order valence-electron chi connectivity index (χ1n) is 12.1. The largest absolute Gasteiger partial charge is 0.504 e. The number of nitrogens with one attached hydrogen (secondary N) is 1. The quantitative estimate of drug-likeness (QED) is 0.444. The molecule has 2 aliphatic heterocycles. The molecule has 2 heterocycles. The van der Waals surface area contributed by atoms with Gasteiger partial charge in [-0.25, -0.2) is 4.99 Å². The zero-order valence-corrected chi connectivity index (χ0v) is 20.8. The van der Waals surface area contributed by atoms with E-state index < -0.39 is 23.8 Å². The number of aromatic hydroxyl groups is 1. The molecular weight excluding hydrogens is 464 g/mol. The van der Waals surface area contributed by atoms with Crippen molar-refractivity contribution in [1.29, 1.82) is 0 Å². The number of rotatable bonds is 7. The fraction of sp³-hybridized carbons (Fsp3) is 0.423. The van der Waals surface area contributed by atoms with Gasteiger partial charge >= 0.3 is 5.97 Å². The summed E-state index contributed by atoms with van der Waals surface area (Å²) in [4.78, 5) is 35.0. The zero-order chi connectivity index (χ0) is 25.7. The van der Waals surface area contributed by atoms with Gasteiger partial charge in [-0.05, 0) is 43.7 Å². The molecule has 2 atom stereocenters. The lowest BCUT2D eigenvalue weighted by Crippen LogP contribution is -2.57. The Bertz CT molecular complexity index is 1130. The summed E-state index contributed by atoms with van der Waals surface area (Å²) in [6, 6.07) is 11.8. The van der Waals surface area contributed by atoms with Crippen molar-refractivity contribution >= 4 is 23.5 Å². The Kier molecular flexibility index (Phi) is 7.82. The number of piperazine rings is 1. The summed E-state index contributed by atoms with van der Waals surface area (Å²) in [5.74, 6) is -0.792. The van der Waals surface area contributed by atoms with E-state index in [-0.39, 0.29) is 18.1 Å². The van der Waals surface area contributed by atoms with Crippen molar-refractivity contribution in [2.45, 2.75) is 19.9 Å². The van der Waals surface area contributed by atoms with Crippen LogP contribution in [-0.2, 0) is 14.3 Å². The molecule has 10 heteroatoms. The molecule has 10 nitrogen and oxygen atoms in total. The van der Waals surface area contributed by atoms with E-state index in [0.717, 1.165) is 24.5 Å². The Hall–Kier alpha value is -3.95. The molecule has 1 amide bonds. The number of hydrogen-bond donors (Lipinski definition) is 2. The van der Waals surface area contributed by atoms with Crippen LogP contribution in [0, 0.1) is 5.92 Å². The van der Waals surface area contributed by atoms with E-state index in [1.807, 2.05) is 36.1 Å². The Morgan fingerprint density at radius 1 is 1.08 bits per heavy atom. The van der Waals surface area contributed by atoms with Crippen LogP contribution in [0.3, 0.4) is 0 Å². The fourth-order valence-electron chi connectivity index (χ4n) is 4.43. The lowest BCUT2D eigenvalue weighted by atomic mass is 9.91. The monoisotopic (exact) mass is 496 g/mol. The van der Waals surface area contributed by atoms with E-state index in [0.29, 0.717) is 31.2 Å². The summed E-state index contributed by atoms with van der Waals surface area (Å²) >= 11 is 0. The van der Waals surface area contributed by atoms with Gasteiger partial charge in [0.2, 0.25) is 11.9 Å². The van der Waals surface area contributed by atoms with Gasteiger partial charge in [-0.15, -0.1) is 0 Å². The standard InChI is InChI=1S/C26H32N4O6/c1-4-35-21-15-17(9-10-20(21)31)23-22(25(33)36-5-2)24(32)28-26(27-23)30-13-11-29(12-14-30)18-7-6-8-19(16-18)34-3/h6-10,15-16,22-23,31H,4-5,11-14H2,1-3H3,(H,27,28,32)/t22-,23-/m0/s1. The zero-order valence-electron chi connectivity index (χ0n) is 20.8. The molecule has 4 rings (SSSR count). The Morgan fingerprint density at radius 2 is 1.83 bits per heavy atom. The smallest absolute Gasteiger partial charge is 0.321 e. The third-order valence-corrected chi connectivity index (χ3v) is 6.26. The van der Waals surface area contributed by atoms with Crippen molar-refractivity contribution in [2.24, 2.45) is 10.9 Å². The van der Waals surface area contributed by atoms with Gasteiger partial charge < -0.3 is 29.1 Å². The van der Waals surface area contributed by atoms with E-state index in [1.54, 1.807) is 26.2 Å². The maximum atomic E-state index is 13.2. The van der Waals surface area contributed by atoms with Crippen LogP contribution in [0.5, 0.6) is 17.2 Å². The predicted octanol–water partition coefficient (Wildman–Crippen LogP) is 2.33. The number of nitrogens with zero attached hydrogens (tertiary/aromatic N) is 3. The van der Waals surface area contributed by atoms with E-state index in [9.17, 15) is 14.7 Å². The molecule has 1 saturated heterocycles. The third kappa shape index (κ3) is 5.32. The van der Waals surface area contributed by atoms with Gasteiger partial charge in [0.05, 0.1) is 20.3 Å². The van der Waals surface area contributed by atoms with E-state index >= 15 is 0 Å². The summed E-state index contributed by atoms with van der Waals surface area (Å²) in [6.07, 6.45) is 0.